The van der Waals surface area contributed by atoms with Gasteiger partial charge in [-0.1, -0.05) is 24.1 Å². The molecule has 1 heterocycles. The highest BCUT2D eigenvalue weighted by Crippen LogP contribution is 2.42. The van der Waals surface area contributed by atoms with Crippen molar-refractivity contribution in [1.29, 1.82) is 0 Å². The van der Waals surface area contributed by atoms with Crippen LogP contribution in [-0.2, 0) is 9.53 Å². The molecular weight excluding hydrogens is 355 g/mol. The molecule has 0 aromatic heterocycles. The fourth-order valence-corrected chi connectivity index (χ4v) is 5.20. The van der Waals surface area contributed by atoms with Crippen LogP contribution in [0.2, 0.25) is 5.02 Å². The van der Waals surface area contributed by atoms with Crippen molar-refractivity contribution >= 4 is 17.5 Å². The second-order valence-electron chi connectivity index (χ2n) is 8.01. The largest absolute Gasteiger partial charge is 0.370 e. The third-order valence-corrected chi connectivity index (χ3v) is 6.75. The fourth-order valence-electron chi connectivity index (χ4n) is 5.01. The van der Waals surface area contributed by atoms with E-state index >= 15 is 0 Å². The van der Waals surface area contributed by atoms with Gasteiger partial charge in [-0.2, -0.15) is 0 Å². The van der Waals surface area contributed by atoms with E-state index in [1.54, 1.807) is 12.1 Å². The summed E-state index contributed by atoms with van der Waals surface area (Å²) in [5.41, 5.74) is 7.18. The summed E-state index contributed by atoms with van der Waals surface area (Å²) in [6, 6.07) is 4.90. The zero-order valence-corrected chi connectivity index (χ0v) is 15.6. The number of hydrogen-bond acceptors (Lipinski definition) is 3. The van der Waals surface area contributed by atoms with Gasteiger partial charge >= 0.3 is 0 Å². The summed E-state index contributed by atoms with van der Waals surface area (Å²) >= 11 is 5.90. The van der Waals surface area contributed by atoms with Crippen molar-refractivity contribution in [2.24, 2.45) is 23.5 Å². The molecule has 0 spiro atoms. The van der Waals surface area contributed by atoms with Crippen LogP contribution in [0.5, 0.6) is 0 Å². The molecule has 1 aromatic rings. The molecule has 3 atom stereocenters. The third kappa shape index (κ3) is 3.49. The van der Waals surface area contributed by atoms with E-state index in [1.807, 2.05) is 4.90 Å². The van der Waals surface area contributed by atoms with Crippen LogP contribution in [0.4, 0.5) is 4.39 Å². The first-order valence-electron chi connectivity index (χ1n) is 9.64. The molecule has 6 heteroatoms. The molecule has 1 aromatic carbocycles. The number of carbonyl (C=O) groups is 1. The van der Waals surface area contributed by atoms with Gasteiger partial charge in [-0.05, 0) is 55.2 Å². The summed E-state index contributed by atoms with van der Waals surface area (Å²) in [4.78, 5) is 15.1. The van der Waals surface area contributed by atoms with Crippen molar-refractivity contribution < 1.29 is 13.9 Å². The maximum absolute atomic E-state index is 13.4. The SMILES string of the molecule is NC1C2CCCC1CC(C(=O)N1CCOC(c3ccc(F)c(Cl)c3)C1)C2. The number of morpholine rings is 1. The summed E-state index contributed by atoms with van der Waals surface area (Å²) < 4.78 is 19.2. The zero-order chi connectivity index (χ0) is 18.3. The van der Waals surface area contributed by atoms with E-state index in [0.29, 0.717) is 31.5 Å². The second-order valence-corrected chi connectivity index (χ2v) is 8.42. The fraction of sp³-hybridized carbons (Fsp3) is 0.650. The minimum absolute atomic E-state index is 0.0839. The van der Waals surface area contributed by atoms with Crippen molar-refractivity contribution in [2.45, 2.75) is 44.2 Å². The number of nitrogens with two attached hydrogens (primary N) is 1. The molecule has 2 bridgehead atoms. The van der Waals surface area contributed by atoms with Gasteiger partial charge in [0.05, 0.1) is 18.2 Å². The van der Waals surface area contributed by atoms with Crippen molar-refractivity contribution in [3.8, 4) is 0 Å². The van der Waals surface area contributed by atoms with Crippen LogP contribution in [0.1, 0.15) is 43.8 Å². The minimum atomic E-state index is -0.441. The number of amides is 1. The van der Waals surface area contributed by atoms with Crippen LogP contribution in [0, 0.1) is 23.6 Å². The number of benzene rings is 1. The normalized spacial score (nSPS) is 34.6. The average Bonchev–Trinajstić information content (AvgIpc) is 2.63. The van der Waals surface area contributed by atoms with E-state index in [-0.39, 0.29) is 29.0 Å². The van der Waals surface area contributed by atoms with E-state index in [2.05, 4.69) is 0 Å². The van der Waals surface area contributed by atoms with Gasteiger partial charge < -0.3 is 15.4 Å². The van der Waals surface area contributed by atoms with E-state index < -0.39 is 5.82 Å². The Morgan fingerprint density at radius 2 is 2.00 bits per heavy atom. The number of hydrogen-bond donors (Lipinski definition) is 1. The Kier molecular flexibility index (Phi) is 5.22. The predicted octanol–water partition coefficient (Wildman–Crippen LogP) is 3.53. The lowest BCUT2D eigenvalue weighted by atomic mass is 9.65. The standard InChI is InChI=1S/C20H26ClFN2O2/c21-16-10-12(4-5-17(16)22)18-11-24(6-7-26-18)20(25)15-8-13-2-1-3-14(9-15)19(13)23/h4-5,10,13-15,18-19H,1-3,6-9,11,23H2. The van der Waals surface area contributed by atoms with Gasteiger partial charge in [0.15, 0.2) is 0 Å². The molecule has 0 radical (unpaired) electrons. The molecular formula is C20H26ClFN2O2. The van der Waals surface area contributed by atoms with E-state index in [9.17, 15) is 9.18 Å². The monoisotopic (exact) mass is 380 g/mol. The van der Waals surface area contributed by atoms with Crippen molar-refractivity contribution in [2.75, 3.05) is 19.7 Å². The highest BCUT2D eigenvalue weighted by atomic mass is 35.5. The summed E-state index contributed by atoms with van der Waals surface area (Å²) in [6.07, 6.45) is 5.13. The predicted molar refractivity (Wildman–Crippen MR) is 98.2 cm³/mol. The number of ether oxygens (including phenoxy) is 1. The Hall–Kier alpha value is -1.17. The summed E-state index contributed by atoms with van der Waals surface area (Å²) in [5, 5.41) is 0.0867. The Morgan fingerprint density at radius 1 is 1.27 bits per heavy atom. The van der Waals surface area contributed by atoms with Gasteiger partial charge in [0, 0.05) is 18.5 Å². The minimum Gasteiger partial charge on any atom is -0.370 e. The molecule has 2 aliphatic carbocycles. The zero-order valence-electron chi connectivity index (χ0n) is 14.9. The van der Waals surface area contributed by atoms with Gasteiger partial charge in [-0.15, -0.1) is 0 Å². The quantitative estimate of drug-likeness (QED) is 0.853. The molecule has 4 nitrogen and oxygen atoms in total. The molecule has 3 unspecified atom stereocenters. The Labute approximate surface area is 158 Å². The van der Waals surface area contributed by atoms with Gasteiger partial charge in [-0.3, -0.25) is 4.79 Å². The van der Waals surface area contributed by atoms with Crippen molar-refractivity contribution in [3.05, 3.63) is 34.6 Å². The number of fused-ring (bicyclic) bond motifs is 2. The molecule has 1 saturated heterocycles. The molecule has 3 aliphatic rings. The Balaban J connectivity index is 1.44. The van der Waals surface area contributed by atoms with E-state index in [0.717, 1.165) is 31.2 Å². The van der Waals surface area contributed by atoms with E-state index in [4.69, 9.17) is 22.1 Å². The maximum Gasteiger partial charge on any atom is 0.225 e. The van der Waals surface area contributed by atoms with Crippen LogP contribution in [0.3, 0.4) is 0 Å². The van der Waals surface area contributed by atoms with Crippen LogP contribution in [0.25, 0.3) is 0 Å². The molecule has 26 heavy (non-hydrogen) atoms. The summed E-state index contributed by atoms with van der Waals surface area (Å²) in [7, 11) is 0. The van der Waals surface area contributed by atoms with Crippen LogP contribution in [-0.4, -0.2) is 36.5 Å². The molecule has 142 valence electrons. The first-order chi connectivity index (χ1) is 12.5. The number of rotatable bonds is 2. The number of carbonyl (C=O) groups excluding carboxylic acids is 1. The smallest absolute Gasteiger partial charge is 0.225 e. The first-order valence-corrected chi connectivity index (χ1v) is 10.0. The topological polar surface area (TPSA) is 55.6 Å². The van der Waals surface area contributed by atoms with Crippen molar-refractivity contribution in [3.63, 3.8) is 0 Å². The van der Waals surface area contributed by atoms with Gasteiger partial charge in [0.1, 0.15) is 11.9 Å². The molecule has 4 rings (SSSR count). The highest BCUT2D eigenvalue weighted by molar-refractivity contribution is 6.30. The Bertz CT molecular complexity index is 672. The van der Waals surface area contributed by atoms with E-state index in [1.165, 1.54) is 12.5 Å². The molecule has 2 saturated carbocycles. The van der Waals surface area contributed by atoms with Crippen LogP contribution in [0.15, 0.2) is 18.2 Å². The van der Waals surface area contributed by atoms with Crippen molar-refractivity contribution in [1.82, 2.24) is 4.90 Å². The van der Waals surface area contributed by atoms with Gasteiger partial charge in [0.25, 0.3) is 0 Å². The number of halogens is 2. The summed E-state index contributed by atoms with van der Waals surface area (Å²) in [6.45, 7) is 1.60. The molecule has 3 fully saturated rings. The lowest BCUT2D eigenvalue weighted by Gasteiger charge is -2.45. The average molecular weight is 381 g/mol. The third-order valence-electron chi connectivity index (χ3n) is 6.46. The van der Waals surface area contributed by atoms with Gasteiger partial charge in [0.2, 0.25) is 5.91 Å². The maximum atomic E-state index is 13.4. The Morgan fingerprint density at radius 3 is 2.69 bits per heavy atom. The molecule has 1 aliphatic heterocycles. The lowest BCUT2D eigenvalue weighted by molar-refractivity contribution is -0.146. The second kappa shape index (κ2) is 7.45. The number of nitrogens with zero attached hydrogens (tertiary/aromatic N) is 1. The summed E-state index contributed by atoms with van der Waals surface area (Å²) in [5.74, 6) is 0.855. The lowest BCUT2D eigenvalue weighted by Crippen LogP contribution is -2.51. The highest BCUT2D eigenvalue weighted by Gasteiger charge is 2.42. The first kappa shape index (κ1) is 18.2. The van der Waals surface area contributed by atoms with Crippen LogP contribution < -0.4 is 5.73 Å². The van der Waals surface area contributed by atoms with Crippen LogP contribution >= 0.6 is 11.6 Å². The van der Waals surface area contributed by atoms with Gasteiger partial charge in [-0.25, -0.2) is 4.39 Å². The molecule has 1 amide bonds. The molecule has 2 N–H and O–H groups in total.